The van der Waals surface area contributed by atoms with E-state index in [1.807, 2.05) is 6.92 Å². The second-order valence-corrected chi connectivity index (χ2v) is 4.29. The Labute approximate surface area is 117 Å². The molecule has 0 radical (unpaired) electrons. The van der Waals surface area contributed by atoms with Crippen molar-refractivity contribution < 1.29 is 9.59 Å². The van der Waals surface area contributed by atoms with Crippen molar-refractivity contribution in [2.75, 3.05) is 5.32 Å². The Kier molecular flexibility index (Phi) is 4.55. The molecule has 20 heavy (non-hydrogen) atoms. The average molecular weight is 269 g/mol. The van der Waals surface area contributed by atoms with Crippen molar-refractivity contribution in [3.63, 3.8) is 0 Å². The van der Waals surface area contributed by atoms with Crippen LogP contribution in [0.1, 0.15) is 28.5 Å². The lowest BCUT2D eigenvalue weighted by molar-refractivity contribution is -0.115. The third kappa shape index (κ3) is 3.47. The van der Waals surface area contributed by atoms with Crippen LogP contribution in [0.15, 0.2) is 36.7 Å². The number of amides is 1. The molecule has 5 nitrogen and oxygen atoms in total. The molecule has 5 heteroatoms. The average Bonchev–Trinajstić information content (AvgIpc) is 2.48. The van der Waals surface area contributed by atoms with Gasteiger partial charge in [0.05, 0.1) is 6.42 Å². The van der Waals surface area contributed by atoms with Crippen LogP contribution in [-0.2, 0) is 17.6 Å². The molecule has 0 aliphatic carbocycles. The van der Waals surface area contributed by atoms with Crippen molar-refractivity contribution >= 4 is 18.0 Å². The number of nitrogens with one attached hydrogen (secondary N) is 1. The summed E-state index contributed by atoms with van der Waals surface area (Å²) in [5.41, 5.74) is 2.07. The van der Waals surface area contributed by atoms with E-state index in [1.165, 1.54) is 6.20 Å². The van der Waals surface area contributed by atoms with Crippen LogP contribution in [0.4, 0.5) is 5.82 Å². The fraction of sp³-hybridized carbons (Fsp3) is 0.200. The van der Waals surface area contributed by atoms with Gasteiger partial charge in [0.15, 0.2) is 6.29 Å². The molecule has 0 saturated heterocycles. The van der Waals surface area contributed by atoms with E-state index >= 15 is 0 Å². The zero-order valence-corrected chi connectivity index (χ0v) is 11.2. The molecule has 1 N–H and O–H groups in total. The van der Waals surface area contributed by atoms with Crippen molar-refractivity contribution in [1.29, 1.82) is 0 Å². The summed E-state index contributed by atoms with van der Waals surface area (Å²) in [4.78, 5) is 31.0. The van der Waals surface area contributed by atoms with Crippen molar-refractivity contribution in [2.45, 2.75) is 19.8 Å². The van der Waals surface area contributed by atoms with E-state index in [0.29, 0.717) is 17.8 Å². The molecular weight excluding hydrogens is 254 g/mol. The van der Waals surface area contributed by atoms with E-state index in [0.717, 1.165) is 17.5 Å². The van der Waals surface area contributed by atoms with E-state index in [4.69, 9.17) is 0 Å². The molecule has 0 saturated carbocycles. The van der Waals surface area contributed by atoms with Gasteiger partial charge in [-0.15, -0.1) is 0 Å². The normalized spacial score (nSPS) is 10.1. The number of pyridine rings is 2. The molecule has 2 aromatic heterocycles. The highest BCUT2D eigenvalue weighted by Gasteiger charge is 2.10. The van der Waals surface area contributed by atoms with Gasteiger partial charge in [0.25, 0.3) is 0 Å². The topological polar surface area (TPSA) is 72.0 Å². The molecule has 2 rings (SSSR count). The molecular formula is C15H15N3O2. The molecule has 0 bridgehead atoms. The van der Waals surface area contributed by atoms with Crippen LogP contribution < -0.4 is 5.32 Å². The lowest BCUT2D eigenvalue weighted by Crippen LogP contribution is -2.16. The smallest absolute Gasteiger partial charge is 0.230 e. The van der Waals surface area contributed by atoms with E-state index in [-0.39, 0.29) is 12.3 Å². The summed E-state index contributed by atoms with van der Waals surface area (Å²) in [6, 6.07) is 7.01. The highest BCUT2D eigenvalue weighted by Crippen LogP contribution is 2.11. The van der Waals surface area contributed by atoms with Gasteiger partial charge in [0.1, 0.15) is 5.82 Å². The molecule has 0 aromatic carbocycles. The zero-order chi connectivity index (χ0) is 14.4. The minimum atomic E-state index is -0.178. The predicted octanol–water partition coefficient (Wildman–Crippen LogP) is 2.03. The van der Waals surface area contributed by atoms with E-state index in [9.17, 15) is 9.59 Å². The maximum atomic E-state index is 12.0. The van der Waals surface area contributed by atoms with Crippen LogP contribution in [0, 0.1) is 0 Å². The number of nitrogens with zero attached hydrogens (tertiary/aromatic N) is 2. The van der Waals surface area contributed by atoms with E-state index in [2.05, 4.69) is 15.3 Å². The first-order chi connectivity index (χ1) is 9.72. The Morgan fingerprint density at radius 1 is 1.35 bits per heavy atom. The Hall–Kier alpha value is -2.56. The van der Waals surface area contributed by atoms with E-state index in [1.54, 1.807) is 30.5 Å². The van der Waals surface area contributed by atoms with Gasteiger partial charge in [0.2, 0.25) is 5.91 Å². The number of aryl methyl sites for hydroxylation is 1. The zero-order valence-electron chi connectivity index (χ0n) is 11.2. The second kappa shape index (κ2) is 6.56. The molecule has 0 atom stereocenters. The molecule has 2 aromatic rings. The summed E-state index contributed by atoms with van der Waals surface area (Å²) in [7, 11) is 0. The number of anilines is 1. The van der Waals surface area contributed by atoms with Crippen molar-refractivity contribution in [2.24, 2.45) is 0 Å². The highest BCUT2D eigenvalue weighted by molar-refractivity contribution is 5.91. The van der Waals surface area contributed by atoms with Gasteiger partial charge >= 0.3 is 0 Å². The van der Waals surface area contributed by atoms with Crippen LogP contribution in [-0.4, -0.2) is 22.2 Å². The molecule has 0 aliphatic rings. The molecule has 0 unspecified atom stereocenters. The number of carbonyl (C=O) groups excluding carboxylic acids is 2. The second-order valence-electron chi connectivity index (χ2n) is 4.29. The van der Waals surface area contributed by atoms with Crippen molar-refractivity contribution in [3.05, 3.63) is 53.5 Å². The first-order valence-corrected chi connectivity index (χ1v) is 6.36. The standard InChI is InChI=1S/C15H15N3O2/c1-2-13-12(7-11(10-19)9-17-13)8-15(20)18-14-5-3-4-6-16-14/h3-7,9-10H,2,8H2,1H3,(H,16,18,20). The highest BCUT2D eigenvalue weighted by atomic mass is 16.1. The van der Waals surface area contributed by atoms with Crippen LogP contribution in [0.5, 0.6) is 0 Å². The number of aromatic nitrogens is 2. The van der Waals surface area contributed by atoms with Crippen LogP contribution in [0.3, 0.4) is 0 Å². The number of hydrogen-bond donors (Lipinski definition) is 1. The fourth-order valence-electron chi connectivity index (χ4n) is 1.89. The largest absolute Gasteiger partial charge is 0.310 e. The lowest BCUT2D eigenvalue weighted by Gasteiger charge is -2.08. The molecule has 0 fully saturated rings. The van der Waals surface area contributed by atoms with Crippen LogP contribution in [0.25, 0.3) is 0 Å². The first kappa shape index (κ1) is 13.9. The van der Waals surface area contributed by atoms with Crippen molar-refractivity contribution in [3.8, 4) is 0 Å². The fourth-order valence-corrected chi connectivity index (χ4v) is 1.89. The third-order valence-corrected chi connectivity index (χ3v) is 2.84. The van der Waals surface area contributed by atoms with Gasteiger partial charge < -0.3 is 5.32 Å². The Bertz CT molecular complexity index is 612. The maximum Gasteiger partial charge on any atom is 0.230 e. The van der Waals surface area contributed by atoms with Gasteiger partial charge in [-0.2, -0.15) is 0 Å². The molecule has 2 heterocycles. The third-order valence-electron chi connectivity index (χ3n) is 2.84. The maximum absolute atomic E-state index is 12.0. The Morgan fingerprint density at radius 2 is 2.20 bits per heavy atom. The minimum absolute atomic E-state index is 0.175. The number of aldehydes is 1. The summed E-state index contributed by atoms with van der Waals surface area (Å²) in [5.74, 6) is 0.332. The van der Waals surface area contributed by atoms with Crippen LogP contribution in [0.2, 0.25) is 0 Å². The van der Waals surface area contributed by atoms with Crippen LogP contribution >= 0.6 is 0 Å². The SMILES string of the molecule is CCc1ncc(C=O)cc1CC(=O)Nc1ccccn1. The van der Waals surface area contributed by atoms with Gasteiger partial charge in [-0.3, -0.25) is 14.6 Å². The molecule has 102 valence electrons. The Balaban J connectivity index is 2.12. The summed E-state index contributed by atoms with van der Waals surface area (Å²) in [6.45, 7) is 1.96. The van der Waals surface area contributed by atoms with Gasteiger partial charge in [-0.1, -0.05) is 13.0 Å². The van der Waals surface area contributed by atoms with Gasteiger partial charge in [-0.05, 0) is 30.2 Å². The van der Waals surface area contributed by atoms with Gasteiger partial charge in [0, 0.05) is 23.7 Å². The summed E-state index contributed by atoms with van der Waals surface area (Å²) in [5, 5.41) is 2.71. The summed E-state index contributed by atoms with van der Waals surface area (Å²) < 4.78 is 0. The lowest BCUT2D eigenvalue weighted by atomic mass is 10.1. The van der Waals surface area contributed by atoms with E-state index < -0.39 is 0 Å². The monoisotopic (exact) mass is 269 g/mol. The quantitative estimate of drug-likeness (QED) is 0.843. The predicted molar refractivity (Wildman–Crippen MR) is 75.6 cm³/mol. The van der Waals surface area contributed by atoms with Crippen molar-refractivity contribution in [1.82, 2.24) is 9.97 Å². The molecule has 1 amide bonds. The number of hydrogen-bond acceptors (Lipinski definition) is 4. The molecule has 0 spiro atoms. The minimum Gasteiger partial charge on any atom is -0.310 e. The number of carbonyl (C=O) groups is 2. The number of rotatable bonds is 5. The Morgan fingerprint density at radius 3 is 2.85 bits per heavy atom. The summed E-state index contributed by atoms with van der Waals surface area (Å²) in [6.07, 6.45) is 4.75. The first-order valence-electron chi connectivity index (χ1n) is 6.36. The van der Waals surface area contributed by atoms with Gasteiger partial charge in [-0.25, -0.2) is 4.98 Å². The summed E-state index contributed by atoms with van der Waals surface area (Å²) >= 11 is 0. The molecule has 0 aliphatic heterocycles.